The van der Waals surface area contributed by atoms with Crippen molar-refractivity contribution in [2.45, 2.75) is 57.2 Å². The molecule has 3 heterocycles. The molecule has 1 aromatic heterocycles. The Balaban J connectivity index is 1.36. The Hall–Kier alpha value is -1.33. The Kier molecular flexibility index (Phi) is 4.90. The lowest BCUT2D eigenvalue weighted by molar-refractivity contribution is -0.130. The lowest BCUT2D eigenvalue weighted by Crippen LogP contribution is -2.53. The van der Waals surface area contributed by atoms with Gasteiger partial charge in [0.05, 0.1) is 24.8 Å². The van der Waals surface area contributed by atoms with Gasteiger partial charge in [-0.1, -0.05) is 12.8 Å². The van der Waals surface area contributed by atoms with Crippen LogP contribution in [0.5, 0.6) is 0 Å². The molecular formula is C19H28N2O3. The van der Waals surface area contributed by atoms with Gasteiger partial charge in [-0.25, -0.2) is 0 Å². The Morgan fingerprint density at radius 1 is 1.29 bits per heavy atom. The lowest BCUT2D eigenvalue weighted by Gasteiger charge is -2.41. The highest BCUT2D eigenvalue weighted by Crippen LogP contribution is 2.34. The normalized spacial score (nSPS) is 31.2. The predicted molar refractivity (Wildman–Crippen MR) is 90.3 cm³/mol. The number of ether oxygens (including phenoxy) is 1. The SMILES string of the molecule is O=C(NCc1ccco1)[C@@H]1C[C@H]2OCC[C@H]2N(CC2CCCC2)C1. The third-order valence-corrected chi connectivity index (χ3v) is 5.97. The van der Waals surface area contributed by atoms with Crippen molar-refractivity contribution in [1.29, 1.82) is 0 Å². The van der Waals surface area contributed by atoms with Crippen molar-refractivity contribution in [2.24, 2.45) is 11.8 Å². The van der Waals surface area contributed by atoms with Gasteiger partial charge in [0.25, 0.3) is 0 Å². The van der Waals surface area contributed by atoms with Gasteiger partial charge in [-0.15, -0.1) is 0 Å². The number of hydrogen-bond donors (Lipinski definition) is 1. The number of piperidine rings is 1. The van der Waals surface area contributed by atoms with E-state index < -0.39 is 0 Å². The molecule has 1 aromatic rings. The molecule has 3 atom stereocenters. The van der Waals surface area contributed by atoms with Crippen molar-refractivity contribution in [3.63, 3.8) is 0 Å². The van der Waals surface area contributed by atoms with Crippen LogP contribution in [0.4, 0.5) is 0 Å². The zero-order valence-corrected chi connectivity index (χ0v) is 14.3. The summed E-state index contributed by atoms with van der Waals surface area (Å²) in [4.78, 5) is 15.2. The van der Waals surface area contributed by atoms with Gasteiger partial charge in [0.2, 0.25) is 5.91 Å². The van der Waals surface area contributed by atoms with E-state index in [-0.39, 0.29) is 17.9 Å². The monoisotopic (exact) mass is 332 g/mol. The Morgan fingerprint density at radius 2 is 2.17 bits per heavy atom. The van der Waals surface area contributed by atoms with Crippen LogP contribution in [0.15, 0.2) is 22.8 Å². The molecule has 24 heavy (non-hydrogen) atoms. The van der Waals surface area contributed by atoms with Crippen LogP contribution in [0, 0.1) is 11.8 Å². The van der Waals surface area contributed by atoms with Crippen LogP contribution in [-0.4, -0.2) is 42.6 Å². The second kappa shape index (κ2) is 7.28. The number of fused-ring (bicyclic) bond motifs is 1. The molecule has 1 saturated carbocycles. The fourth-order valence-corrected chi connectivity index (χ4v) is 4.71. The molecule has 5 heteroatoms. The summed E-state index contributed by atoms with van der Waals surface area (Å²) in [5.41, 5.74) is 0. The van der Waals surface area contributed by atoms with Gasteiger partial charge in [0.15, 0.2) is 0 Å². The van der Waals surface area contributed by atoms with E-state index in [0.29, 0.717) is 12.6 Å². The second-order valence-electron chi connectivity index (χ2n) is 7.60. The van der Waals surface area contributed by atoms with E-state index in [1.807, 2.05) is 12.1 Å². The minimum atomic E-state index is 0.0284. The number of likely N-dealkylation sites (tertiary alicyclic amines) is 1. The summed E-state index contributed by atoms with van der Waals surface area (Å²) in [5.74, 6) is 1.78. The molecule has 132 valence electrons. The first-order valence-corrected chi connectivity index (χ1v) is 9.45. The van der Waals surface area contributed by atoms with Gasteiger partial charge in [-0.3, -0.25) is 9.69 Å². The number of furan rings is 1. The highest BCUT2D eigenvalue weighted by atomic mass is 16.5. The summed E-state index contributed by atoms with van der Waals surface area (Å²) in [6, 6.07) is 4.27. The van der Waals surface area contributed by atoms with Crippen LogP contribution in [0.25, 0.3) is 0 Å². The van der Waals surface area contributed by atoms with E-state index in [1.165, 1.54) is 25.7 Å². The first kappa shape index (κ1) is 16.2. The van der Waals surface area contributed by atoms with Crippen LogP contribution in [0.1, 0.15) is 44.3 Å². The van der Waals surface area contributed by atoms with Crippen LogP contribution in [-0.2, 0) is 16.1 Å². The van der Waals surface area contributed by atoms with Gasteiger partial charge in [-0.05, 0) is 43.7 Å². The molecule has 0 spiro atoms. The van der Waals surface area contributed by atoms with E-state index in [1.54, 1.807) is 6.26 Å². The van der Waals surface area contributed by atoms with Crippen molar-refractivity contribution in [1.82, 2.24) is 10.2 Å². The van der Waals surface area contributed by atoms with Crippen molar-refractivity contribution >= 4 is 5.91 Å². The van der Waals surface area contributed by atoms with E-state index in [4.69, 9.17) is 9.15 Å². The van der Waals surface area contributed by atoms with Crippen LogP contribution >= 0.6 is 0 Å². The standard InChI is InChI=1S/C19H28N2O3/c22-19(20-11-16-6-3-8-23-16)15-10-18-17(7-9-24-18)21(13-15)12-14-4-1-2-5-14/h3,6,8,14-15,17-18H,1-2,4-5,7,9-13H2,(H,20,22)/t15-,17-,18-/m1/s1. The van der Waals surface area contributed by atoms with Crippen LogP contribution in [0.2, 0.25) is 0 Å². The maximum absolute atomic E-state index is 12.6. The molecule has 0 radical (unpaired) electrons. The van der Waals surface area contributed by atoms with Crippen LogP contribution < -0.4 is 5.32 Å². The summed E-state index contributed by atoms with van der Waals surface area (Å²) in [7, 11) is 0. The van der Waals surface area contributed by atoms with Gasteiger partial charge in [0.1, 0.15) is 5.76 Å². The molecule has 1 aliphatic carbocycles. The summed E-state index contributed by atoms with van der Waals surface area (Å²) in [5, 5.41) is 3.03. The number of hydrogen-bond acceptors (Lipinski definition) is 4. The third-order valence-electron chi connectivity index (χ3n) is 5.97. The molecule has 0 bridgehead atoms. The quantitative estimate of drug-likeness (QED) is 0.900. The average Bonchev–Trinajstić information content (AvgIpc) is 3.33. The molecular weight excluding hydrogens is 304 g/mol. The predicted octanol–water partition coefficient (Wildman–Crippen LogP) is 2.57. The number of amides is 1. The molecule has 1 amide bonds. The maximum Gasteiger partial charge on any atom is 0.224 e. The van der Waals surface area contributed by atoms with Crippen molar-refractivity contribution in [2.75, 3.05) is 19.7 Å². The number of carbonyl (C=O) groups is 1. The molecule has 0 aromatic carbocycles. The van der Waals surface area contributed by atoms with Crippen LogP contribution in [0.3, 0.4) is 0 Å². The van der Waals surface area contributed by atoms with E-state index in [0.717, 1.165) is 44.2 Å². The summed E-state index contributed by atoms with van der Waals surface area (Å²) < 4.78 is 11.2. The number of carbonyl (C=O) groups excluding carboxylic acids is 1. The summed E-state index contributed by atoms with van der Waals surface area (Å²) in [6.07, 6.45) is 9.30. The van der Waals surface area contributed by atoms with Gasteiger partial charge in [0, 0.05) is 25.7 Å². The molecule has 2 aliphatic heterocycles. The zero-order valence-electron chi connectivity index (χ0n) is 14.3. The Labute approximate surface area is 143 Å². The fourth-order valence-electron chi connectivity index (χ4n) is 4.71. The molecule has 2 saturated heterocycles. The molecule has 0 unspecified atom stereocenters. The minimum absolute atomic E-state index is 0.0284. The lowest BCUT2D eigenvalue weighted by atomic mass is 9.88. The third kappa shape index (κ3) is 3.52. The number of nitrogens with zero attached hydrogens (tertiary/aromatic N) is 1. The van der Waals surface area contributed by atoms with Crippen molar-refractivity contribution < 1.29 is 13.9 Å². The molecule has 4 rings (SSSR count). The van der Waals surface area contributed by atoms with E-state index >= 15 is 0 Å². The van der Waals surface area contributed by atoms with Crippen molar-refractivity contribution in [3.05, 3.63) is 24.2 Å². The van der Waals surface area contributed by atoms with Crippen molar-refractivity contribution in [3.8, 4) is 0 Å². The highest BCUT2D eigenvalue weighted by Gasteiger charge is 2.42. The number of rotatable bonds is 5. The first-order valence-electron chi connectivity index (χ1n) is 9.45. The zero-order chi connectivity index (χ0) is 16.4. The smallest absolute Gasteiger partial charge is 0.224 e. The molecule has 1 N–H and O–H groups in total. The summed E-state index contributed by atoms with van der Waals surface area (Å²) >= 11 is 0. The summed E-state index contributed by atoms with van der Waals surface area (Å²) in [6.45, 7) is 3.34. The highest BCUT2D eigenvalue weighted by molar-refractivity contribution is 5.79. The van der Waals surface area contributed by atoms with Gasteiger partial charge >= 0.3 is 0 Å². The first-order chi connectivity index (χ1) is 11.8. The number of nitrogens with one attached hydrogen (secondary N) is 1. The topological polar surface area (TPSA) is 54.7 Å². The Morgan fingerprint density at radius 3 is 2.96 bits per heavy atom. The van der Waals surface area contributed by atoms with E-state index in [9.17, 15) is 4.79 Å². The minimum Gasteiger partial charge on any atom is -0.467 e. The molecule has 3 fully saturated rings. The molecule has 5 nitrogen and oxygen atoms in total. The molecule has 3 aliphatic rings. The average molecular weight is 332 g/mol. The maximum atomic E-state index is 12.6. The fraction of sp³-hybridized carbons (Fsp3) is 0.737. The van der Waals surface area contributed by atoms with Gasteiger partial charge in [-0.2, -0.15) is 0 Å². The second-order valence-corrected chi connectivity index (χ2v) is 7.60. The Bertz CT molecular complexity index is 539. The largest absolute Gasteiger partial charge is 0.467 e. The van der Waals surface area contributed by atoms with Gasteiger partial charge < -0.3 is 14.5 Å². The van der Waals surface area contributed by atoms with E-state index in [2.05, 4.69) is 10.2 Å².